The lowest BCUT2D eigenvalue weighted by molar-refractivity contribution is -0.120. The first-order valence-electron chi connectivity index (χ1n) is 7.57. The van der Waals surface area contributed by atoms with Crippen LogP contribution in [0, 0.1) is 0 Å². The van der Waals surface area contributed by atoms with Crippen LogP contribution in [0.5, 0.6) is 5.75 Å². The van der Waals surface area contributed by atoms with Gasteiger partial charge in [-0.15, -0.1) is 0 Å². The Morgan fingerprint density at radius 3 is 2.74 bits per heavy atom. The first-order chi connectivity index (χ1) is 11.2. The zero-order chi connectivity index (χ0) is 16.5. The van der Waals surface area contributed by atoms with Gasteiger partial charge in [0.1, 0.15) is 5.75 Å². The average molecular weight is 377 g/mol. The SMILES string of the molecule is COc1ccccc1CCNC(=O)CCNc1cccc(Br)c1. The lowest BCUT2D eigenvalue weighted by atomic mass is 10.1. The van der Waals surface area contributed by atoms with Crippen molar-refractivity contribution >= 4 is 27.5 Å². The average Bonchev–Trinajstić information content (AvgIpc) is 2.55. The minimum atomic E-state index is 0.0439. The molecule has 0 saturated heterocycles. The second-order valence-electron chi connectivity index (χ2n) is 5.10. The molecule has 0 aliphatic rings. The second kappa shape index (κ2) is 9.20. The lowest BCUT2D eigenvalue weighted by Gasteiger charge is -2.10. The number of halogens is 1. The van der Waals surface area contributed by atoms with E-state index in [-0.39, 0.29) is 5.91 Å². The number of methoxy groups -OCH3 is 1. The van der Waals surface area contributed by atoms with Crippen LogP contribution in [0.25, 0.3) is 0 Å². The predicted molar refractivity (Wildman–Crippen MR) is 97.0 cm³/mol. The highest BCUT2D eigenvalue weighted by atomic mass is 79.9. The van der Waals surface area contributed by atoms with Crippen LogP contribution in [-0.4, -0.2) is 26.1 Å². The Morgan fingerprint density at radius 2 is 1.96 bits per heavy atom. The summed E-state index contributed by atoms with van der Waals surface area (Å²) < 4.78 is 6.32. The van der Waals surface area contributed by atoms with Crippen molar-refractivity contribution in [1.82, 2.24) is 5.32 Å². The summed E-state index contributed by atoms with van der Waals surface area (Å²) in [5.74, 6) is 0.903. The van der Waals surface area contributed by atoms with Crippen molar-refractivity contribution in [2.45, 2.75) is 12.8 Å². The summed E-state index contributed by atoms with van der Waals surface area (Å²) in [7, 11) is 1.66. The van der Waals surface area contributed by atoms with Crippen molar-refractivity contribution in [3.8, 4) is 5.75 Å². The van der Waals surface area contributed by atoms with E-state index in [4.69, 9.17) is 4.74 Å². The Hall–Kier alpha value is -2.01. The molecule has 0 radical (unpaired) electrons. The van der Waals surface area contributed by atoms with Gasteiger partial charge in [0.15, 0.2) is 0 Å². The zero-order valence-corrected chi connectivity index (χ0v) is 14.7. The Bertz CT molecular complexity index is 646. The molecule has 2 rings (SSSR count). The van der Waals surface area contributed by atoms with E-state index in [0.717, 1.165) is 27.9 Å². The van der Waals surface area contributed by atoms with Gasteiger partial charge in [-0.2, -0.15) is 0 Å². The summed E-state index contributed by atoms with van der Waals surface area (Å²) in [4.78, 5) is 11.9. The quantitative estimate of drug-likeness (QED) is 0.739. The fraction of sp³-hybridized carbons (Fsp3) is 0.278. The number of nitrogens with one attached hydrogen (secondary N) is 2. The van der Waals surface area contributed by atoms with Crippen LogP contribution in [0.15, 0.2) is 53.0 Å². The number of carbonyl (C=O) groups excluding carboxylic acids is 1. The first kappa shape index (κ1) is 17.3. The van der Waals surface area contributed by atoms with Crippen molar-refractivity contribution in [2.24, 2.45) is 0 Å². The summed E-state index contributed by atoms with van der Waals surface area (Å²) in [5.41, 5.74) is 2.10. The Morgan fingerprint density at radius 1 is 1.13 bits per heavy atom. The molecule has 5 heteroatoms. The summed E-state index contributed by atoms with van der Waals surface area (Å²) >= 11 is 3.42. The maximum absolute atomic E-state index is 11.9. The normalized spacial score (nSPS) is 10.2. The van der Waals surface area contributed by atoms with E-state index in [2.05, 4.69) is 26.6 Å². The molecule has 1 amide bonds. The Labute approximate surface area is 145 Å². The lowest BCUT2D eigenvalue weighted by Crippen LogP contribution is -2.27. The maximum Gasteiger partial charge on any atom is 0.221 e. The maximum atomic E-state index is 11.9. The molecule has 0 saturated carbocycles. The summed E-state index contributed by atoms with van der Waals surface area (Å²) in [6.45, 7) is 1.22. The van der Waals surface area contributed by atoms with Crippen LogP contribution in [0.1, 0.15) is 12.0 Å². The third-order valence-corrected chi connectivity index (χ3v) is 3.91. The molecule has 23 heavy (non-hydrogen) atoms. The largest absolute Gasteiger partial charge is 0.496 e. The van der Waals surface area contributed by atoms with Gasteiger partial charge in [-0.3, -0.25) is 4.79 Å². The number of amides is 1. The van der Waals surface area contributed by atoms with Gasteiger partial charge in [0.25, 0.3) is 0 Å². The number of carbonyl (C=O) groups is 1. The van der Waals surface area contributed by atoms with E-state index in [1.165, 1.54) is 0 Å². The zero-order valence-electron chi connectivity index (χ0n) is 13.1. The van der Waals surface area contributed by atoms with Crippen molar-refractivity contribution in [1.29, 1.82) is 0 Å². The molecular weight excluding hydrogens is 356 g/mol. The molecule has 0 aliphatic heterocycles. The van der Waals surface area contributed by atoms with Crippen molar-refractivity contribution in [2.75, 3.05) is 25.5 Å². The van der Waals surface area contributed by atoms with Gasteiger partial charge in [-0.1, -0.05) is 40.2 Å². The summed E-state index contributed by atoms with van der Waals surface area (Å²) in [6, 6.07) is 15.7. The van der Waals surface area contributed by atoms with Gasteiger partial charge < -0.3 is 15.4 Å². The number of ether oxygens (including phenoxy) is 1. The van der Waals surface area contributed by atoms with Crippen LogP contribution in [-0.2, 0) is 11.2 Å². The van der Waals surface area contributed by atoms with Crippen LogP contribution in [0.4, 0.5) is 5.69 Å². The van der Waals surface area contributed by atoms with Gasteiger partial charge in [0, 0.05) is 29.7 Å². The van der Waals surface area contributed by atoms with E-state index in [0.29, 0.717) is 19.5 Å². The monoisotopic (exact) mass is 376 g/mol. The fourth-order valence-electron chi connectivity index (χ4n) is 2.25. The summed E-state index contributed by atoms with van der Waals surface area (Å²) in [6.07, 6.45) is 1.20. The molecule has 2 N–H and O–H groups in total. The van der Waals surface area contributed by atoms with Crippen LogP contribution < -0.4 is 15.4 Å². The molecule has 0 heterocycles. The molecule has 2 aromatic rings. The highest BCUT2D eigenvalue weighted by Crippen LogP contribution is 2.17. The highest BCUT2D eigenvalue weighted by molar-refractivity contribution is 9.10. The molecule has 0 spiro atoms. The minimum Gasteiger partial charge on any atom is -0.496 e. The molecule has 0 unspecified atom stereocenters. The van der Waals surface area contributed by atoms with E-state index < -0.39 is 0 Å². The molecule has 0 aliphatic carbocycles. The summed E-state index contributed by atoms with van der Waals surface area (Å²) in [5, 5.41) is 6.17. The van der Waals surface area contributed by atoms with Crippen LogP contribution >= 0.6 is 15.9 Å². The third-order valence-electron chi connectivity index (χ3n) is 3.41. The molecule has 2 aromatic carbocycles. The smallest absolute Gasteiger partial charge is 0.221 e. The predicted octanol–water partition coefficient (Wildman–Crippen LogP) is 3.62. The van der Waals surface area contributed by atoms with E-state index in [9.17, 15) is 4.79 Å². The van der Waals surface area contributed by atoms with E-state index in [1.807, 2.05) is 48.5 Å². The molecule has 0 atom stereocenters. The number of rotatable bonds is 8. The van der Waals surface area contributed by atoms with Crippen LogP contribution in [0.3, 0.4) is 0 Å². The standard InChI is InChI=1S/C18H21BrN2O2/c1-23-17-8-3-2-5-14(17)9-11-21-18(22)10-12-20-16-7-4-6-15(19)13-16/h2-8,13,20H,9-12H2,1H3,(H,21,22). The third kappa shape index (κ3) is 5.94. The first-order valence-corrected chi connectivity index (χ1v) is 8.36. The van der Waals surface area contributed by atoms with Gasteiger partial charge in [-0.25, -0.2) is 0 Å². The van der Waals surface area contributed by atoms with Gasteiger partial charge in [-0.05, 0) is 36.2 Å². The minimum absolute atomic E-state index is 0.0439. The van der Waals surface area contributed by atoms with Gasteiger partial charge >= 0.3 is 0 Å². The van der Waals surface area contributed by atoms with Crippen LogP contribution in [0.2, 0.25) is 0 Å². The molecule has 4 nitrogen and oxygen atoms in total. The fourth-order valence-corrected chi connectivity index (χ4v) is 2.65. The van der Waals surface area contributed by atoms with Gasteiger partial charge in [0.2, 0.25) is 5.91 Å². The Balaban J connectivity index is 1.67. The number of benzene rings is 2. The molecule has 122 valence electrons. The molecule has 0 bridgehead atoms. The number of hydrogen-bond acceptors (Lipinski definition) is 3. The molecule has 0 fully saturated rings. The Kier molecular flexibility index (Phi) is 6.94. The molecule has 0 aromatic heterocycles. The van der Waals surface area contributed by atoms with E-state index >= 15 is 0 Å². The van der Waals surface area contributed by atoms with E-state index in [1.54, 1.807) is 7.11 Å². The highest BCUT2D eigenvalue weighted by Gasteiger charge is 2.04. The van der Waals surface area contributed by atoms with Crippen molar-refractivity contribution in [3.05, 3.63) is 58.6 Å². The molecular formula is C18H21BrN2O2. The second-order valence-corrected chi connectivity index (χ2v) is 6.01. The van der Waals surface area contributed by atoms with Crippen molar-refractivity contribution < 1.29 is 9.53 Å². The number of para-hydroxylation sites is 1. The van der Waals surface area contributed by atoms with Crippen molar-refractivity contribution in [3.63, 3.8) is 0 Å². The van der Waals surface area contributed by atoms with Gasteiger partial charge in [0.05, 0.1) is 7.11 Å². The number of anilines is 1. The topological polar surface area (TPSA) is 50.4 Å². The number of hydrogen-bond donors (Lipinski definition) is 2.